The second-order valence-corrected chi connectivity index (χ2v) is 4.02. The van der Waals surface area contributed by atoms with Gasteiger partial charge in [0.1, 0.15) is 0 Å². The number of carbonyl (C=O) groups excluding carboxylic acids is 1. The maximum absolute atomic E-state index is 11.3. The lowest BCUT2D eigenvalue weighted by Gasteiger charge is -2.27. The lowest BCUT2D eigenvalue weighted by molar-refractivity contribution is -0.119. The third kappa shape index (κ3) is 3.45. The Hall–Kier alpha value is -0.910. The Morgan fingerprint density at radius 2 is 2.29 bits per heavy atom. The number of hydrogen-bond acceptors (Lipinski definition) is 4. The fraction of sp³-hybridized carbons (Fsp3) is 0.750. The van der Waals surface area contributed by atoms with E-state index in [2.05, 4.69) is 10.5 Å². The number of nitrogens with zero attached hydrogens (tertiary/aromatic N) is 1. The molecule has 0 rings (SSSR count). The van der Waals surface area contributed by atoms with E-state index in [1.165, 1.54) is 11.8 Å². The summed E-state index contributed by atoms with van der Waals surface area (Å²) in [5.74, 6) is 0.275. The fourth-order valence-electron chi connectivity index (χ4n) is 0.919. The summed E-state index contributed by atoms with van der Waals surface area (Å²) in [6, 6.07) is 0. The van der Waals surface area contributed by atoms with Crippen LogP contribution in [0.3, 0.4) is 0 Å². The van der Waals surface area contributed by atoms with Gasteiger partial charge in [-0.2, -0.15) is 11.8 Å². The van der Waals surface area contributed by atoms with E-state index in [0.717, 1.165) is 0 Å². The summed E-state index contributed by atoms with van der Waals surface area (Å²) < 4.78 is 0. The van der Waals surface area contributed by atoms with Gasteiger partial charge in [0.05, 0.1) is 11.3 Å². The number of carbonyl (C=O) groups is 1. The summed E-state index contributed by atoms with van der Waals surface area (Å²) in [7, 11) is 0. The molecule has 4 N–H and O–H groups in total. The number of nitrogens with one attached hydrogen (secondary N) is 1. The SMILES string of the molecule is CCC(C)(NC(=O)CSC)C(N)=NO. The lowest BCUT2D eigenvalue weighted by Crippen LogP contribution is -2.55. The summed E-state index contributed by atoms with van der Waals surface area (Å²) in [6.45, 7) is 3.58. The first-order valence-corrected chi connectivity index (χ1v) is 5.67. The molecule has 0 aromatic heterocycles. The summed E-state index contributed by atoms with van der Waals surface area (Å²) >= 11 is 1.42. The van der Waals surface area contributed by atoms with Crippen molar-refractivity contribution in [1.29, 1.82) is 0 Å². The van der Waals surface area contributed by atoms with Crippen molar-refractivity contribution in [1.82, 2.24) is 5.32 Å². The second-order valence-electron chi connectivity index (χ2n) is 3.15. The van der Waals surface area contributed by atoms with E-state index in [1.807, 2.05) is 13.2 Å². The summed E-state index contributed by atoms with van der Waals surface area (Å²) in [4.78, 5) is 11.3. The van der Waals surface area contributed by atoms with Gasteiger partial charge in [-0.05, 0) is 19.6 Å². The Kier molecular flexibility index (Phi) is 5.37. The minimum Gasteiger partial charge on any atom is -0.409 e. The Balaban J connectivity index is 4.48. The average molecular weight is 219 g/mol. The van der Waals surface area contributed by atoms with Crippen LogP contribution in [0, 0.1) is 0 Å². The van der Waals surface area contributed by atoms with E-state index in [4.69, 9.17) is 10.9 Å². The van der Waals surface area contributed by atoms with Gasteiger partial charge in [-0.1, -0.05) is 12.1 Å². The molecule has 1 atom stereocenters. The predicted octanol–water partition coefficient (Wildman–Crippen LogP) is 0.381. The molecule has 0 aliphatic carbocycles. The lowest BCUT2D eigenvalue weighted by atomic mass is 9.97. The summed E-state index contributed by atoms with van der Waals surface area (Å²) in [5.41, 5.74) is 4.72. The molecule has 82 valence electrons. The molecule has 0 saturated heterocycles. The van der Waals surface area contributed by atoms with Crippen molar-refractivity contribution in [3.8, 4) is 0 Å². The summed E-state index contributed by atoms with van der Waals surface area (Å²) in [6.07, 6.45) is 2.41. The van der Waals surface area contributed by atoms with Gasteiger partial charge in [-0.15, -0.1) is 0 Å². The molecule has 14 heavy (non-hydrogen) atoms. The van der Waals surface area contributed by atoms with E-state index in [0.29, 0.717) is 12.2 Å². The molecule has 5 nitrogen and oxygen atoms in total. The van der Waals surface area contributed by atoms with Crippen LogP contribution < -0.4 is 11.1 Å². The van der Waals surface area contributed by atoms with Crippen LogP contribution in [0.1, 0.15) is 20.3 Å². The van der Waals surface area contributed by atoms with Crippen molar-refractivity contribution in [2.24, 2.45) is 10.9 Å². The molecule has 0 heterocycles. The highest BCUT2D eigenvalue weighted by molar-refractivity contribution is 7.99. The zero-order valence-corrected chi connectivity index (χ0v) is 9.52. The van der Waals surface area contributed by atoms with Crippen LogP contribution >= 0.6 is 11.8 Å². The van der Waals surface area contributed by atoms with Crippen LogP contribution in [-0.2, 0) is 4.79 Å². The molecule has 0 aromatic carbocycles. The normalized spacial score (nSPS) is 16.1. The number of hydrogen-bond donors (Lipinski definition) is 3. The maximum atomic E-state index is 11.3. The molecule has 0 saturated carbocycles. The number of rotatable bonds is 5. The zero-order valence-electron chi connectivity index (χ0n) is 8.70. The Labute approximate surface area is 88.1 Å². The van der Waals surface area contributed by atoms with Crippen LogP contribution in [0.4, 0.5) is 0 Å². The quantitative estimate of drug-likeness (QED) is 0.270. The minimum absolute atomic E-state index is 0.0226. The van der Waals surface area contributed by atoms with Crippen LogP contribution in [0.5, 0.6) is 0 Å². The molecule has 0 aromatic rings. The molecule has 6 heteroatoms. The highest BCUT2D eigenvalue weighted by atomic mass is 32.2. The Morgan fingerprint density at radius 1 is 1.71 bits per heavy atom. The molecule has 0 bridgehead atoms. The molecule has 0 fully saturated rings. The molecule has 0 aliphatic rings. The topological polar surface area (TPSA) is 87.7 Å². The van der Waals surface area contributed by atoms with Gasteiger partial charge < -0.3 is 16.3 Å². The number of thioether (sulfide) groups is 1. The maximum Gasteiger partial charge on any atom is 0.230 e. The van der Waals surface area contributed by atoms with Crippen LogP contribution in [0.25, 0.3) is 0 Å². The van der Waals surface area contributed by atoms with Gasteiger partial charge in [0.25, 0.3) is 0 Å². The van der Waals surface area contributed by atoms with E-state index in [1.54, 1.807) is 6.92 Å². The smallest absolute Gasteiger partial charge is 0.230 e. The van der Waals surface area contributed by atoms with Gasteiger partial charge in [0.15, 0.2) is 5.84 Å². The highest BCUT2D eigenvalue weighted by Crippen LogP contribution is 2.09. The fourth-order valence-corrected chi connectivity index (χ4v) is 1.25. The van der Waals surface area contributed by atoms with Crippen molar-refractivity contribution in [3.63, 3.8) is 0 Å². The molecule has 0 radical (unpaired) electrons. The zero-order chi connectivity index (χ0) is 11.2. The molecule has 0 spiro atoms. The molecule has 0 aliphatic heterocycles. The predicted molar refractivity (Wildman–Crippen MR) is 58.6 cm³/mol. The van der Waals surface area contributed by atoms with Gasteiger partial charge in [0, 0.05) is 0 Å². The highest BCUT2D eigenvalue weighted by Gasteiger charge is 2.29. The first-order valence-electron chi connectivity index (χ1n) is 4.28. The molecular weight excluding hydrogens is 202 g/mol. The number of nitrogens with two attached hydrogens (primary N) is 1. The van der Waals surface area contributed by atoms with Crippen LogP contribution in [0.15, 0.2) is 5.16 Å². The number of amides is 1. The largest absolute Gasteiger partial charge is 0.409 e. The second kappa shape index (κ2) is 5.74. The third-order valence-electron chi connectivity index (χ3n) is 2.07. The number of oxime groups is 1. The molecule has 1 unspecified atom stereocenters. The third-order valence-corrected chi connectivity index (χ3v) is 2.62. The minimum atomic E-state index is -0.762. The van der Waals surface area contributed by atoms with E-state index in [9.17, 15) is 4.79 Å². The Bertz CT molecular complexity index is 233. The number of amidine groups is 1. The first-order chi connectivity index (χ1) is 6.50. The van der Waals surface area contributed by atoms with Crippen molar-refractivity contribution in [2.45, 2.75) is 25.8 Å². The van der Waals surface area contributed by atoms with E-state index >= 15 is 0 Å². The molecule has 1 amide bonds. The monoisotopic (exact) mass is 219 g/mol. The van der Waals surface area contributed by atoms with Crippen molar-refractivity contribution >= 4 is 23.5 Å². The summed E-state index contributed by atoms with van der Waals surface area (Å²) in [5, 5.41) is 14.2. The van der Waals surface area contributed by atoms with Crippen molar-refractivity contribution < 1.29 is 10.0 Å². The first kappa shape index (κ1) is 13.1. The standard InChI is InChI=1S/C8H17N3O2S/c1-4-8(2,7(9)11-13)10-6(12)5-14-3/h13H,4-5H2,1-3H3,(H2,9,11)(H,10,12). The van der Waals surface area contributed by atoms with E-state index < -0.39 is 5.54 Å². The Morgan fingerprint density at radius 3 is 2.64 bits per heavy atom. The van der Waals surface area contributed by atoms with Crippen LogP contribution in [0.2, 0.25) is 0 Å². The van der Waals surface area contributed by atoms with Gasteiger partial charge in [-0.25, -0.2) is 0 Å². The van der Waals surface area contributed by atoms with Gasteiger partial charge in [0.2, 0.25) is 5.91 Å². The van der Waals surface area contributed by atoms with E-state index in [-0.39, 0.29) is 11.7 Å². The average Bonchev–Trinajstić information content (AvgIpc) is 2.16. The van der Waals surface area contributed by atoms with Gasteiger partial charge >= 0.3 is 0 Å². The van der Waals surface area contributed by atoms with Gasteiger partial charge in [-0.3, -0.25) is 4.79 Å². The van der Waals surface area contributed by atoms with Crippen molar-refractivity contribution in [2.75, 3.05) is 12.0 Å². The van der Waals surface area contributed by atoms with Crippen LogP contribution in [-0.4, -0.2) is 34.5 Å². The molecular formula is C8H17N3O2S. The van der Waals surface area contributed by atoms with Crippen molar-refractivity contribution in [3.05, 3.63) is 0 Å².